The van der Waals surface area contributed by atoms with E-state index >= 15 is 0 Å². The van der Waals surface area contributed by atoms with Gasteiger partial charge in [-0.15, -0.1) is 0 Å². The van der Waals surface area contributed by atoms with E-state index < -0.39 is 12.7 Å². The molecule has 0 atom stereocenters. The van der Waals surface area contributed by atoms with Gasteiger partial charge in [0.1, 0.15) is 5.75 Å². The van der Waals surface area contributed by atoms with E-state index in [1.807, 2.05) is 0 Å². The zero-order valence-electron chi connectivity index (χ0n) is 12.9. The van der Waals surface area contributed by atoms with Gasteiger partial charge < -0.3 is 15.4 Å². The van der Waals surface area contributed by atoms with Crippen LogP contribution in [-0.2, 0) is 0 Å². The Labute approximate surface area is 132 Å². The first-order chi connectivity index (χ1) is 10.8. The zero-order valence-corrected chi connectivity index (χ0v) is 12.9. The van der Waals surface area contributed by atoms with Crippen LogP contribution in [-0.4, -0.2) is 61.2 Å². The third kappa shape index (κ3) is 4.75. The quantitative estimate of drug-likeness (QED) is 0.857. The molecule has 1 aliphatic heterocycles. The molecule has 2 rings (SSSR count). The van der Waals surface area contributed by atoms with Gasteiger partial charge in [0, 0.05) is 37.9 Å². The molecule has 0 unspecified atom stereocenters. The van der Waals surface area contributed by atoms with Gasteiger partial charge in [-0.25, -0.2) is 0 Å². The second kappa shape index (κ2) is 7.08. The predicted octanol–water partition coefficient (Wildman–Crippen LogP) is 1.99. The number of carbonyl (C=O) groups excluding carboxylic acids is 1. The van der Waals surface area contributed by atoms with E-state index in [1.165, 1.54) is 4.90 Å². The van der Waals surface area contributed by atoms with Crippen molar-refractivity contribution in [3.05, 3.63) is 23.8 Å². The van der Waals surface area contributed by atoms with Gasteiger partial charge in [-0.3, -0.25) is 9.69 Å². The number of alkyl halides is 3. The fraction of sp³-hybridized carbons (Fsp3) is 0.533. The van der Waals surface area contributed by atoms with E-state index in [9.17, 15) is 18.0 Å². The fourth-order valence-corrected chi connectivity index (χ4v) is 2.52. The summed E-state index contributed by atoms with van der Waals surface area (Å²) in [7, 11) is 0. The summed E-state index contributed by atoms with van der Waals surface area (Å²) in [6, 6.07) is 4.77. The molecule has 1 saturated heterocycles. The second-order valence-electron chi connectivity index (χ2n) is 5.37. The molecular weight excluding hydrogens is 311 g/mol. The van der Waals surface area contributed by atoms with Crippen molar-refractivity contribution in [2.75, 3.05) is 45.1 Å². The molecule has 128 valence electrons. The number of nitrogen functional groups attached to an aromatic ring is 1. The smallest absolute Gasteiger partial charge is 0.401 e. The van der Waals surface area contributed by atoms with Crippen molar-refractivity contribution >= 4 is 11.6 Å². The number of nitrogens with zero attached hydrogens (tertiary/aromatic N) is 2. The van der Waals surface area contributed by atoms with E-state index in [0.717, 1.165) is 0 Å². The van der Waals surface area contributed by atoms with Crippen LogP contribution in [0.4, 0.5) is 18.9 Å². The third-order valence-electron chi connectivity index (χ3n) is 3.60. The molecule has 23 heavy (non-hydrogen) atoms. The lowest BCUT2D eigenvalue weighted by atomic mass is 10.1. The zero-order chi connectivity index (χ0) is 17.0. The number of hydrogen-bond acceptors (Lipinski definition) is 4. The summed E-state index contributed by atoms with van der Waals surface area (Å²) in [6.45, 7) is 2.15. The first-order valence-electron chi connectivity index (χ1n) is 7.41. The Hall–Kier alpha value is -1.96. The minimum atomic E-state index is -4.22. The number of nitrogens with two attached hydrogens (primary N) is 1. The Bertz CT molecular complexity index is 555. The van der Waals surface area contributed by atoms with Crippen molar-refractivity contribution in [1.82, 2.24) is 9.80 Å². The maximum Gasteiger partial charge on any atom is 0.401 e. The van der Waals surface area contributed by atoms with E-state index in [2.05, 4.69) is 0 Å². The van der Waals surface area contributed by atoms with Gasteiger partial charge in [0.15, 0.2) is 0 Å². The Morgan fingerprint density at radius 2 is 1.91 bits per heavy atom. The molecule has 2 N–H and O–H groups in total. The summed E-state index contributed by atoms with van der Waals surface area (Å²) in [5, 5.41) is 0. The van der Waals surface area contributed by atoms with Gasteiger partial charge in [0.2, 0.25) is 0 Å². The first kappa shape index (κ1) is 17.4. The van der Waals surface area contributed by atoms with Crippen LogP contribution in [0.5, 0.6) is 5.75 Å². The highest BCUT2D eigenvalue weighted by Crippen LogP contribution is 2.24. The third-order valence-corrected chi connectivity index (χ3v) is 3.60. The highest BCUT2D eigenvalue weighted by atomic mass is 19.4. The molecule has 1 heterocycles. The number of hydrogen-bond donors (Lipinski definition) is 1. The van der Waals surface area contributed by atoms with Crippen molar-refractivity contribution in [2.24, 2.45) is 0 Å². The lowest BCUT2D eigenvalue weighted by Crippen LogP contribution is -2.50. The number of amides is 1. The molecule has 1 fully saturated rings. The van der Waals surface area contributed by atoms with Crippen molar-refractivity contribution in [3.63, 3.8) is 0 Å². The molecule has 1 amide bonds. The Morgan fingerprint density at radius 3 is 2.48 bits per heavy atom. The van der Waals surface area contributed by atoms with Crippen LogP contribution in [0, 0.1) is 0 Å². The molecule has 1 aromatic rings. The van der Waals surface area contributed by atoms with E-state index in [4.69, 9.17) is 10.5 Å². The highest BCUT2D eigenvalue weighted by Gasteiger charge is 2.33. The highest BCUT2D eigenvalue weighted by molar-refractivity contribution is 5.97. The summed E-state index contributed by atoms with van der Waals surface area (Å²) in [5.74, 6) is 0.148. The standard InChI is InChI=1S/C15H20F3N3O2/c1-2-23-13-9-11(19)3-4-12(13)14(22)21-7-5-20(6-8-21)10-15(16,17)18/h3-4,9H,2,5-8,10,19H2,1H3. The maximum atomic E-state index is 12.6. The van der Waals surface area contributed by atoms with Crippen LogP contribution < -0.4 is 10.5 Å². The Kier molecular flexibility index (Phi) is 5.35. The van der Waals surface area contributed by atoms with E-state index in [-0.39, 0.29) is 32.1 Å². The normalized spacial score (nSPS) is 16.4. The van der Waals surface area contributed by atoms with Crippen LogP contribution in [0.1, 0.15) is 17.3 Å². The number of halogens is 3. The van der Waals surface area contributed by atoms with Crippen molar-refractivity contribution < 1.29 is 22.7 Å². The lowest BCUT2D eigenvalue weighted by molar-refractivity contribution is -0.148. The average molecular weight is 331 g/mol. The van der Waals surface area contributed by atoms with Crippen LogP contribution in [0.3, 0.4) is 0 Å². The van der Waals surface area contributed by atoms with Crippen LogP contribution in [0.25, 0.3) is 0 Å². The van der Waals surface area contributed by atoms with Gasteiger partial charge in [-0.05, 0) is 19.1 Å². The van der Waals surface area contributed by atoms with Crippen molar-refractivity contribution in [3.8, 4) is 5.75 Å². The SMILES string of the molecule is CCOc1cc(N)ccc1C(=O)N1CCN(CC(F)(F)F)CC1. The number of rotatable bonds is 4. The van der Waals surface area contributed by atoms with E-state index in [1.54, 1.807) is 30.0 Å². The van der Waals surface area contributed by atoms with Gasteiger partial charge in [0.25, 0.3) is 5.91 Å². The Balaban J connectivity index is 2.03. The van der Waals surface area contributed by atoms with E-state index in [0.29, 0.717) is 23.6 Å². The minimum Gasteiger partial charge on any atom is -0.493 e. The van der Waals surface area contributed by atoms with Crippen LogP contribution in [0.2, 0.25) is 0 Å². The lowest BCUT2D eigenvalue weighted by Gasteiger charge is -2.35. The first-order valence-corrected chi connectivity index (χ1v) is 7.41. The molecule has 1 aromatic carbocycles. The van der Waals surface area contributed by atoms with Crippen LogP contribution in [0.15, 0.2) is 18.2 Å². The van der Waals surface area contributed by atoms with Gasteiger partial charge in [-0.1, -0.05) is 0 Å². The van der Waals surface area contributed by atoms with Crippen LogP contribution >= 0.6 is 0 Å². The molecule has 0 spiro atoms. The largest absolute Gasteiger partial charge is 0.493 e. The van der Waals surface area contributed by atoms with Gasteiger partial charge in [0.05, 0.1) is 18.7 Å². The number of benzene rings is 1. The molecule has 0 bridgehead atoms. The minimum absolute atomic E-state index is 0.199. The molecule has 0 aliphatic carbocycles. The number of ether oxygens (including phenoxy) is 1. The molecule has 5 nitrogen and oxygen atoms in total. The fourth-order valence-electron chi connectivity index (χ4n) is 2.52. The summed E-state index contributed by atoms with van der Waals surface area (Å²) < 4.78 is 42.6. The van der Waals surface area contributed by atoms with Crippen molar-refractivity contribution in [2.45, 2.75) is 13.1 Å². The number of anilines is 1. The number of piperazine rings is 1. The molecule has 0 radical (unpaired) electrons. The van der Waals surface area contributed by atoms with Crippen molar-refractivity contribution in [1.29, 1.82) is 0 Å². The maximum absolute atomic E-state index is 12.6. The summed E-state index contributed by atoms with van der Waals surface area (Å²) in [6.07, 6.45) is -4.22. The summed E-state index contributed by atoms with van der Waals surface area (Å²) in [5.41, 5.74) is 6.56. The second-order valence-corrected chi connectivity index (χ2v) is 5.37. The van der Waals surface area contributed by atoms with Gasteiger partial charge in [-0.2, -0.15) is 13.2 Å². The molecular formula is C15H20F3N3O2. The summed E-state index contributed by atoms with van der Waals surface area (Å²) >= 11 is 0. The Morgan fingerprint density at radius 1 is 1.26 bits per heavy atom. The summed E-state index contributed by atoms with van der Waals surface area (Å²) in [4.78, 5) is 15.4. The monoisotopic (exact) mass is 331 g/mol. The topological polar surface area (TPSA) is 58.8 Å². The average Bonchev–Trinajstić information content (AvgIpc) is 2.46. The molecule has 8 heteroatoms. The molecule has 0 saturated carbocycles. The molecule has 1 aliphatic rings. The number of carbonyl (C=O) groups is 1. The predicted molar refractivity (Wildman–Crippen MR) is 80.4 cm³/mol. The molecule has 0 aromatic heterocycles. The van der Waals surface area contributed by atoms with Gasteiger partial charge >= 0.3 is 6.18 Å².